The molecule has 0 bridgehead atoms. The highest BCUT2D eigenvalue weighted by Gasteiger charge is 2.29. The molecule has 6 heteroatoms. The summed E-state index contributed by atoms with van der Waals surface area (Å²) in [7, 11) is 0.729. The fraction of sp³-hybridized carbons (Fsp3) is 0.947. The lowest BCUT2D eigenvalue weighted by Gasteiger charge is -2.35. The molecule has 0 aromatic carbocycles. The van der Waals surface area contributed by atoms with Crippen molar-refractivity contribution in [3.05, 3.63) is 0 Å². The largest absolute Gasteiger partial charge is 0.373 e. The van der Waals surface area contributed by atoms with E-state index in [1.807, 2.05) is 32.2 Å². The first kappa shape index (κ1) is 25.7. The van der Waals surface area contributed by atoms with Crippen molar-refractivity contribution in [2.75, 3.05) is 12.4 Å². The summed E-state index contributed by atoms with van der Waals surface area (Å²) in [5.41, 5.74) is -0.601. The summed E-state index contributed by atoms with van der Waals surface area (Å²) >= 11 is 3.36. The first-order chi connectivity index (χ1) is 11.1. The first-order valence-electron chi connectivity index (χ1n) is 9.10. The van der Waals surface area contributed by atoms with Gasteiger partial charge in [-0.05, 0) is 55.4 Å². The van der Waals surface area contributed by atoms with Gasteiger partial charge in [0, 0.05) is 35.9 Å². The van der Waals surface area contributed by atoms with Gasteiger partial charge in [0.25, 0.3) is 0 Å². The molecule has 0 heterocycles. The van der Waals surface area contributed by atoms with Crippen molar-refractivity contribution in [3.63, 3.8) is 0 Å². The van der Waals surface area contributed by atoms with Gasteiger partial charge in [-0.25, -0.2) is 0 Å². The van der Waals surface area contributed by atoms with Crippen LogP contribution in [-0.2, 0) is 9.53 Å². The number of thioether (sulfide) groups is 1. The molecule has 0 aromatic heterocycles. The second kappa shape index (κ2) is 10.3. The molecule has 0 spiro atoms. The second-order valence-corrected chi connectivity index (χ2v) is 13.5. The van der Waals surface area contributed by atoms with Crippen molar-refractivity contribution in [2.24, 2.45) is 5.41 Å². The minimum Gasteiger partial charge on any atom is -0.373 e. The van der Waals surface area contributed by atoms with Gasteiger partial charge in [0.2, 0.25) is 0 Å². The Balaban J connectivity index is 4.48. The third kappa shape index (κ3) is 11.2. The zero-order valence-corrected chi connectivity index (χ0v) is 20.8. The second-order valence-electron chi connectivity index (χ2n) is 9.42. The van der Waals surface area contributed by atoms with Crippen molar-refractivity contribution in [2.45, 2.75) is 98.6 Å². The van der Waals surface area contributed by atoms with Crippen LogP contribution in [-0.4, -0.2) is 44.6 Å². The highest BCUT2D eigenvalue weighted by Crippen LogP contribution is 2.45. The highest BCUT2D eigenvalue weighted by atomic mass is 32.7. The van der Waals surface area contributed by atoms with Crippen molar-refractivity contribution in [3.8, 4) is 0 Å². The summed E-state index contributed by atoms with van der Waals surface area (Å²) in [5.74, 6) is 0.691. The van der Waals surface area contributed by atoms with Crippen LogP contribution in [0.4, 0.5) is 0 Å². The number of carbonyl (C=O) groups excluding carboxylic acids is 1. The Bertz CT molecular complexity index is 410. The molecule has 0 fully saturated rings. The quantitative estimate of drug-likeness (QED) is 0.399. The van der Waals surface area contributed by atoms with E-state index >= 15 is 0 Å². The van der Waals surface area contributed by atoms with E-state index in [1.165, 1.54) is 11.8 Å². The smallest absolute Gasteiger partial charge is 0.194 e. The molecule has 0 aliphatic heterocycles. The van der Waals surface area contributed by atoms with Crippen molar-refractivity contribution < 1.29 is 9.53 Å². The van der Waals surface area contributed by atoms with Crippen LogP contribution < -0.4 is 0 Å². The zero-order valence-electron chi connectivity index (χ0n) is 18.1. The summed E-state index contributed by atoms with van der Waals surface area (Å²) in [6, 6.07) is 1.11. The number of hydrogen-bond acceptors (Lipinski definition) is 5. The van der Waals surface area contributed by atoms with E-state index < -0.39 is 0 Å². The van der Waals surface area contributed by atoms with Gasteiger partial charge in [-0.15, -0.1) is 11.4 Å². The van der Waals surface area contributed by atoms with Crippen LogP contribution >= 0.6 is 31.1 Å². The molecular formula is C19H40NO2PS2. The molecule has 0 radical (unpaired) electrons. The Hall–Kier alpha value is 0.720. The molecule has 25 heavy (non-hydrogen) atoms. The highest BCUT2D eigenvalue weighted by molar-refractivity contribution is 8.49. The molecule has 0 N–H and O–H groups in total. The monoisotopic (exact) mass is 409 g/mol. The van der Waals surface area contributed by atoms with Gasteiger partial charge >= 0.3 is 0 Å². The minimum absolute atomic E-state index is 0.0520. The molecule has 3 nitrogen and oxygen atoms in total. The van der Waals surface area contributed by atoms with E-state index in [9.17, 15) is 4.79 Å². The van der Waals surface area contributed by atoms with E-state index in [2.05, 4.69) is 60.1 Å². The van der Waals surface area contributed by atoms with Gasteiger partial charge in [0.1, 0.15) is 0 Å². The van der Waals surface area contributed by atoms with E-state index in [-0.39, 0.29) is 20.9 Å². The Kier molecular flexibility index (Phi) is 10.6. The normalized spacial score (nSPS) is 14.5. The number of rotatable bonds is 10. The number of carbonyl (C=O) groups is 1. The van der Waals surface area contributed by atoms with Crippen LogP contribution in [0.3, 0.4) is 0 Å². The van der Waals surface area contributed by atoms with Gasteiger partial charge in [0.15, 0.2) is 5.12 Å². The minimum atomic E-state index is -0.303. The molecule has 0 amide bonds. The van der Waals surface area contributed by atoms with Crippen LogP contribution in [0.1, 0.15) is 76.2 Å². The number of hydrogen-bond donors (Lipinski definition) is 0. The van der Waals surface area contributed by atoms with E-state index in [0.717, 1.165) is 7.93 Å². The van der Waals surface area contributed by atoms with Crippen LogP contribution in [0.2, 0.25) is 0 Å². The molecule has 0 aliphatic rings. The summed E-state index contributed by atoms with van der Waals surface area (Å²) < 4.78 is 8.78. The summed E-state index contributed by atoms with van der Waals surface area (Å²) in [6.07, 6.45) is 0. The third-order valence-electron chi connectivity index (χ3n) is 3.51. The fourth-order valence-electron chi connectivity index (χ4n) is 1.88. The van der Waals surface area contributed by atoms with Crippen LogP contribution in [0.5, 0.6) is 0 Å². The average molecular weight is 410 g/mol. The first-order valence-corrected chi connectivity index (χ1v) is 12.6. The van der Waals surface area contributed by atoms with E-state index in [4.69, 9.17) is 4.74 Å². The Labute approximate surface area is 166 Å². The predicted octanol–water partition coefficient (Wildman–Crippen LogP) is 6.23. The van der Waals surface area contributed by atoms with Gasteiger partial charge in [-0.3, -0.25) is 9.46 Å². The molecule has 1 unspecified atom stereocenters. The predicted molar refractivity (Wildman–Crippen MR) is 119 cm³/mol. The van der Waals surface area contributed by atoms with E-state index in [0.29, 0.717) is 24.4 Å². The van der Waals surface area contributed by atoms with Gasteiger partial charge in [-0.1, -0.05) is 32.5 Å². The molecule has 0 aromatic rings. The number of ether oxygens (including phenoxy) is 1. The van der Waals surface area contributed by atoms with Gasteiger partial charge in [0.05, 0.1) is 12.2 Å². The summed E-state index contributed by atoms with van der Waals surface area (Å²) in [4.78, 5) is 12.1. The molecular weight excluding hydrogens is 369 g/mol. The summed E-state index contributed by atoms with van der Waals surface area (Å²) in [5, 5.41) is 0.226. The lowest BCUT2D eigenvalue weighted by atomic mass is 10.00. The molecule has 1 atom stereocenters. The molecule has 0 saturated heterocycles. The molecule has 0 aliphatic carbocycles. The molecule has 150 valence electrons. The average Bonchev–Trinajstić information content (AvgIpc) is 2.41. The van der Waals surface area contributed by atoms with Crippen LogP contribution in [0, 0.1) is 5.41 Å². The standard InChI is InChI=1S/C19H40NO2PS2/c1-14(2)20(15(3)4)23-25-19(10,11)12-22-18(8,9)13-24-16(21)17(5,6)7/h14-15,23H,12-13H2,1-11H3. The van der Waals surface area contributed by atoms with E-state index in [1.54, 1.807) is 0 Å². The fourth-order valence-corrected chi connectivity index (χ4v) is 6.27. The zero-order chi connectivity index (χ0) is 20.1. The Morgan fingerprint density at radius 2 is 1.48 bits per heavy atom. The maximum absolute atomic E-state index is 12.1. The van der Waals surface area contributed by atoms with Crippen molar-refractivity contribution in [1.29, 1.82) is 0 Å². The van der Waals surface area contributed by atoms with Gasteiger partial charge < -0.3 is 4.74 Å². The lowest BCUT2D eigenvalue weighted by Crippen LogP contribution is -2.35. The van der Waals surface area contributed by atoms with Gasteiger partial charge in [-0.2, -0.15) is 0 Å². The third-order valence-corrected chi connectivity index (χ3v) is 9.80. The number of nitrogens with zero attached hydrogens (tertiary/aromatic N) is 1. The lowest BCUT2D eigenvalue weighted by molar-refractivity contribution is -0.117. The Morgan fingerprint density at radius 1 is 1.00 bits per heavy atom. The maximum atomic E-state index is 12.1. The Morgan fingerprint density at radius 3 is 1.88 bits per heavy atom. The summed E-state index contributed by atoms with van der Waals surface area (Å²) in [6.45, 7) is 24.2. The topological polar surface area (TPSA) is 29.5 Å². The van der Waals surface area contributed by atoms with Crippen molar-refractivity contribution in [1.82, 2.24) is 4.67 Å². The molecule has 0 rings (SSSR count). The maximum Gasteiger partial charge on any atom is 0.194 e. The van der Waals surface area contributed by atoms with Crippen molar-refractivity contribution >= 4 is 36.2 Å². The van der Waals surface area contributed by atoms with Crippen LogP contribution in [0.25, 0.3) is 0 Å². The molecule has 0 saturated carbocycles. The SMILES string of the molecule is CC(C)N(PSC(C)(C)COC(C)(C)CSC(=O)C(C)(C)C)C(C)C. The van der Waals surface area contributed by atoms with Crippen LogP contribution in [0.15, 0.2) is 0 Å².